The summed E-state index contributed by atoms with van der Waals surface area (Å²) < 4.78 is 26.8. The van der Waals surface area contributed by atoms with Crippen molar-refractivity contribution in [2.75, 3.05) is 0 Å². The molecule has 0 amide bonds. The van der Waals surface area contributed by atoms with Crippen molar-refractivity contribution in [2.24, 2.45) is 0 Å². The van der Waals surface area contributed by atoms with Gasteiger partial charge in [-0.05, 0) is 120 Å². The zero-order valence-electron chi connectivity index (χ0n) is 24.8. The highest BCUT2D eigenvalue weighted by atomic mass is 79.9. The molecule has 4 fully saturated rings. The molecule has 0 radical (unpaired) electrons. The molecule has 38 heavy (non-hydrogen) atoms. The molecule has 0 aromatic rings. The van der Waals surface area contributed by atoms with Crippen molar-refractivity contribution in [1.82, 2.24) is 0 Å². The molecule has 0 aromatic heterocycles. The molecule has 0 aliphatic carbocycles. The molecule has 1 unspecified atom stereocenters. The van der Waals surface area contributed by atoms with Gasteiger partial charge in [0, 0.05) is 9.65 Å². The molecule has 0 aromatic carbocycles. The lowest BCUT2D eigenvalue weighted by molar-refractivity contribution is -0.261. The fourth-order valence-electron chi connectivity index (χ4n) is 7.09. The van der Waals surface area contributed by atoms with Gasteiger partial charge in [0.1, 0.15) is 0 Å². The lowest BCUT2D eigenvalue weighted by Gasteiger charge is -2.49. The molecule has 10 atom stereocenters. The van der Waals surface area contributed by atoms with Crippen LogP contribution >= 0.6 is 31.9 Å². The molecule has 0 bridgehead atoms. The minimum absolute atomic E-state index is 0.00117. The summed E-state index contributed by atoms with van der Waals surface area (Å²) in [5, 5.41) is 22.9. The van der Waals surface area contributed by atoms with Crippen molar-refractivity contribution in [3.05, 3.63) is 0 Å². The number of hydrogen-bond acceptors (Lipinski definition) is 6. The molecule has 0 spiro atoms. The Bertz CT molecular complexity index is 847. The van der Waals surface area contributed by atoms with E-state index < -0.39 is 22.4 Å². The van der Waals surface area contributed by atoms with Gasteiger partial charge in [-0.25, -0.2) is 0 Å². The van der Waals surface area contributed by atoms with Gasteiger partial charge in [-0.15, -0.1) is 0 Å². The van der Waals surface area contributed by atoms with E-state index in [0.29, 0.717) is 24.1 Å². The molecule has 2 N–H and O–H groups in total. The van der Waals surface area contributed by atoms with Crippen molar-refractivity contribution in [2.45, 2.75) is 187 Å². The molecule has 4 saturated heterocycles. The second-order valence-electron chi connectivity index (χ2n) is 14.6. The minimum atomic E-state index is -1.04. The number of aliphatic hydroxyl groups is 2. The van der Waals surface area contributed by atoms with Crippen molar-refractivity contribution in [3.63, 3.8) is 0 Å². The number of ether oxygens (including phenoxy) is 4. The Hall–Kier alpha value is 0.720. The summed E-state index contributed by atoms with van der Waals surface area (Å²) in [4.78, 5) is 0.464. The van der Waals surface area contributed by atoms with Crippen LogP contribution in [0, 0.1) is 0 Å². The van der Waals surface area contributed by atoms with Crippen LogP contribution in [0.3, 0.4) is 0 Å². The molecule has 4 aliphatic heterocycles. The van der Waals surface area contributed by atoms with E-state index in [1.165, 1.54) is 0 Å². The first-order valence-corrected chi connectivity index (χ1v) is 16.6. The summed E-state index contributed by atoms with van der Waals surface area (Å²) >= 11 is 7.60. The van der Waals surface area contributed by atoms with Gasteiger partial charge in [-0.1, -0.05) is 31.9 Å². The summed E-state index contributed by atoms with van der Waals surface area (Å²) in [6.07, 6.45) is 7.08. The zero-order chi connectivity index (χ0) is 28.4. The third kappa shape index (κ3) is 6.38. The number of rotatable bonds is 4. The molecule has 222 valence electrons. The number of fused-ring (bicyclic) bond motifs is 2. The van der Waals surface area contributed by atoms with Gasteiger partial charge in [-0.3, -0.25) is 0 Å². The maximum absolute atomic E-state index is 11.7. The third-order valence-corrected chi connectivity index (χ3v) is 13.4. The van der Waals surface area contributed by atoms with E-state index in [1.54, 1.807) is 0 Å². The molecule has 4 rings (SSSR count). The quantitative estimate of drug-likeness (QED) is 0.330. The number of hydrogen-bond donors (Lipinski definition) is 2. The van der Waals surface area contributed by atoms with Crippen LogP contribution in [0.2, 0.25) is 0 Å². The normalized spacial score (nSPS) is 48.9. The van der Waals surface area contributed by atoms with Crippen LogP contribution in [-0.2, 0) is 18.9 Å². The van der Waals surface area contributed by atoms with Crippen LogP contribution in [0.1, 0.15) is 120 Å². The molecule has 4 heterocycles. The predicted octanol–water partition coefficient (Wildman–Crippen LogP) is 6.59. The lowest BCUT2D eigenvalue weighted by atomic mass is 9.79. The topological polar surface area (TPSA) is 77.4 Å². The summed E-state index contributed by atoms with van der Waals surface area (Å²) in [5.74, 6) is 0. The minimum Gasteiger partial charge on any atom is -0.387 e. The maximum Gasteiger partial charge on any atom is 0.0921 e. The lowest BCUT2D eigenvalue weighted by Crippen LogP contribution is -2.57. The monoisotopic (exact) mass is 666 g/mol. The summed E-state index contributed by atoms with van der Waals surface area (Å²) in [6.45, 7) is 16.6. The average Bonchev–Trinajstić information content (AvgIpc) is 3.01. The van der Waals surface area contributed by atoms with E-state index in [1.807, 2.05) is 13.8 Å². The van der Waals surface area contributed by atoms with Gasteiger partial charge < -0.3 is 29.2 Å². The second kappa shape index (κ2) is 10.8. The molecule has 0 saturated carbocycles. The van der Waals surface area contributed by atoms with Gasteiger partial charge in [-0.2, -0.15) is 0 Å². The Labute approximate surface area is 247 Å². The fraction of sp³-hybridized carbons (Fsp3) is 1.00. The van der Waals surface area contributed by atoms with Crippen LogP contribution in [0.5, 0.6) is 0 Å². The summed E-state index contributed by atoms with van der Waals surface area (Å²) in [7, 11) is 0. The van der Waals surface area contributed by atoms with Crippen molar-refractivity contribution >= 4 is 31.9 Å². The Morgan fingerprint density at radius 2 is 1.24 bits per heavy atom. The standard InChI is InChI=1S/C30H52Br2O6/c1-25(2)19(31)11-15-27(5,33)22(35-25)13-16-28(6,34)21-9-10-23-30(8,37-21)18-14-24-29(7,38-23)17-12-20(32)26(3,4)36-24/h19-24,33-34H,9-18H2,1-8H3/t19-,20-,21-,22+,23+,24+,27+,28?,29-,30-/m1/s1. The van der Waals surface area contributed by atoms with Crippen LogP contribution < -0.4 is 0 Å². The van der Waals surface area contributed by atoms with Gasteiger partial charge in [0.15, 0.2) is 0 Å². The van der Waals surface area contributed by atoms with E-state index in [-0.39, 0.29) is 40.4 Å². The molecular weight excluding hydrogens is 616 g/mol. The first kappa shape index (κ1) is 31.7. The number of halogens is 2. The van der Waals surface area contributed by atoms with E-state index in [2.05, 4.69) is 73.4 Å². The van der Waals surface area contributed by atoms with Gasteiger partial charge in [0.2, 0.25) is 0 Å². The van der Waals surface area contributed by atoms with Gasteiger partial charge in [0.25, 0.3) is 0 Å². The smallest absolute Gasteiger partial charge is 0.0921 e. The first-order chi connectivity index (χ1) is 17.3. The predicted molar refractivity (Wildman–Crippen MR) is 157 cm³/mol. The van der Waals surface area contributed by atoms with Crippen LogP contribution in [0.4, 0.5) is 0 Å². The Morgan fingerprint density at radius 3 is 1.89 bits per heavy atom. The average molecular weight is 669 g/mol. The Kier molecular flexibility index (Phi) is 8.97. The summed E-state index contributed by atoms with van der Waals surface area (Å²) in [5.41, 5.74) is -3.49. The Morgan fingerprint density at radius 1 is 0.711 bits per heavy atom. The van der Waals surface area contributed by atoms with Gasteiger partial charge >= 0.3 is 0 Å². The van der Waals surface area contributed by atoms with E-state index in [0.717, 1.165) is 44.9 Å². The molecular formula is C30H52Br2O6. The molecule has 4 aliphatic rings. The van der Waals surface area contributed by atoms with Crippen LogP contribution in [0.25, 0.3) is 0 Å². The van der Waals surface area contributed by atoms with E-state index in [9.17, 15) is 10.2 Å². The second-order valence-corrected chi connectivity index (χ2v) is 16.9. The number of alkyl halides is 2. The SMILES string of the molecule is CC(O)(CC[C@@H]1OC(C)(C)[C@H](Br)CC[C@]1(C)O)[C@H]1CC[C@@H]2O[C@]3(C)CC[C@@H](Br)C(C)(C)O[C@H]3CC[C@@]2(C)O1. The highest BCUT2D eigenvalue weighted by molar-refractivity contribution is 9.09. The van der Waals surface area contributed by atoms with E-state index >= 15 is 0 Å². The maximum atomic E-state index is 11.7. The summed E-state index contributed by atoms with van der Waals surface area (Å²) in [6, 6.07) is 0. The zero-order valence-corrected chi connectivity index (χ0v) is 28.0. The van der Waals surface area contributed by atoms with Gasteiger partial charge in [0.05, 0.1) is 58.0 Å². The molecule has 8 heteroatoms. The van der Waals surface area contributed by atoms with Crippen LogP contribution in [-0.4, -0.2) is 77.9 Å². The first-order valence-electron chi connectivity index (χ1n) is 14.7. The van der Waals surface area contributed by atoms with Crippen molar-refractivity contribution in [1.29, 1.82) is 0 Å². The largest absolute Gasteiger partial charge is 0.387 e. The third-order valence-electron chi connectivity index (χ3n) is 10.3. The highest BCUT2D eigenvalue weighted by Gasteiger charge is 2.55. The van der Waals surface area contributed by atoms with Crippen molar-refractivity contribution < 1.29 is 29.2 Å². The van der Waals surface area contributed by atoms with Crippen LogP contribution in [0.15, 0.2) is 0 Å². The molecule has 6 nitrogen and oxygen atoms in total. The highest BCUT2D eigenvalue weighted by Crippen LogP contribution is 2.49. The Balaban J connectivity index is 1.44. The fourth-order valence-corrected chi connectivity index (χ4v) is 7.76. The van der Waals surface area contributed by atoms with Crippen molar-refractivity contribution in [3.8, 4) is 0 Å². The van der Waals surface area contributed by atoms with E-state index in [4.69, 9.17) is 18.9 Å².